The van der Waals surface area contributed by atoms with E-state index in [4.69, 9.17) is 14.2 Å². The standard InChI is InChI=1S/C19H17F3O5/c1-12(24)25-5-2-6-26-19-14(8-16(21)9-17(19)22)11-27-18-4-3-15(20)7-13(18)10-23/h3-4,7-10H,2,5-6,11H2,1H3. The van der Waals surface area contributed by atoms with Gasteiger partial charge in [0.15, 0.2) is 17.9 Å². The number of hydrogen-bond acceptors (Lipinski definition) is 5. The molecule has 0 amide bonds. The van der Waals surface area contributed by atoms with Crippen molar-refractivity contribution in [3.63, 3.8) is 0 Å². The van der Waals surface area contributed by atoms with Crippen molar-refractivity contribution in [2.45, 2.75) is 20.0 Å². The van der Waals surface area contributed by atoms with Crippen molar-refractivity contribution >= 4 is 12.3 Å². The van der Waals surface area contributed by atoms with E-state index >= 15 is 0 Å². The van der Waals surface area contributed by atoms with Crippen LogP contribution < -0.4 is 9.47 Å². The molecule has 0 aliphatic carbocycles. The number of rotatable bonds is 9. The molecular formula is C19H17F3O5. The Morgan fingerprint density at radius 2 is 1.81 bits per heavy atom. The van der Waals surface area contributed by atoms with E-state index in [0.29, 0.717) is 18.8 Å². The minimum absolute atomic E-state index is 0.0268. The number of ether oxygens (including phenoxy) is 3. The van der Waals surface area contributed by atoms with Gasteiger partial charge in [0.1, 0.15) is 24.0 Å². The van der Waals surface area contributed by atoms with E-state index in [9.17, 15) is 22.8 Å². The summed E-state index contributed by atoms with van der Waals surface area (Å²) in [7, 11) is 0. The summed E-state index contributed by atoms with van der Waals surface area (Å²) in [5, 5.41) is 0. The van der Waals surface area contributed by atoms with Gasteiger partial charge >= 0.3 is 5.97 Å². The second-order valence-electron chi connectivity index (χ2n) is 5.51. The van der Waals surface area contributed by atoms with Crippen molar-refractivity contribution in [1.29, 1.82) is 0 Å². The second kappa shape index (κ2) is 9.61. The van der Waals surface area contributed by atoms with Crippen molar-refractivity contribution in [1.82, 2.24) is 0 Å². The van der Waals surface area contributed by atoms with E-state index in [-0.39, 0.29) is 42.4 Å². The number of aldehydes is 1. The molecule has 0 spiro atoms. The van der Waals surface area contributed by atoms with Crippen LogP contribution in [0.3, 0.4) is 0 Å². The molecule has 144 valence electrons. The van der Waals surface area contributed by atoms with E-state index in [0.717, 1.165) is 18.2 Å². The first-order valence-electron chi connectivity index (χ1n) is 8.02. The first-order chi connectivity index (χ1) is 12.9. The second-order valence-corrected chi connectivity index (χ2v) is 5.51. The SMILES string of the molecule is CC(=O)OCCCOc1c(F)cc(F)cc1COc1ccc(F)cc1C=O. The summed E-state index contributed by atoms with van der Waals surface area (Å²) in [6.45, 7) is 1.08. The molecular weight excluding hydrogens is 365 g/mol. The molecule has 0 saturated heterocycles. The summed E-state index contributed by atoms with van der Waals surface area (Å²) in [4.78, 5) is 21.7. The maximum atomic E-state index is 14.1. The normalized spacial score (nSPS) is 10.4. The lowest BCUT2D eigenvalue weighted by Crippen LogP contribution is -2.09. The fourth-order valence-electron chi connectivity index (χ4n) is 2.23. The number of carbonyl (C=O) groups excluding carboxylic acids is 2. The van der Waals surface area contributed by atoms with Gasteiger partial charge in [-0.3, -0.25) is 9.59 Å². The molecule has 5 nitrogen and oxygen atoms in total. The maximum Gasteiger partial charge on any atom is 0.302 e. The summed E-state index contributed by atoms with van der Waals surface area (Å²) in [6, 6.07) is 5.03. The highest BCUT2D eigenvalue weighted by Gasteiger charge is 2.15. The molecule has 0 aliphatic heterocycles. The zero-order chi connectivity index (χ0) is 19.8. The zero-order valence-corrected chi connectivity index (χ0v) is 14.5. The van der Waals surface area contributed by atoms with Crippen LogP contribution in [0.1, 0.15) is 29.3 Å². The molecule has 0 heterocycles. The Morgan fingerprint density at radius 3 is 2.52 bits per heavy atom. The average Bonchev–Trinajstić information content (AvgIpc) is 2.61. The Labute approximate surface area is 153 Å². The maximum absolute atomic E-state index is 14.1. The van der Waals surface area contributed by atoms with Gasteiger partial charge in [0.2, 0.25) is 0 Å². The fourth-order valence-corrected chi connectivity index (χ4v) is 2.23. The van der Waals surface area contributed by atoms with Crippen LogP contribution in [0.25, 0.3) is 0 Å². The Hall–Kier alpha value is -3.03. The highest BCUT2D eigenvalue weighted by atomic mass is 19.1. The summed E-state index contributed by atoms with van der Waals surface area (Å²) in [5.41, 5.74) is 0.0388. The number of halogens is 3. The molecule has 0 radical (unpaired) electrons. The Kier molecular flexibility index (Phi) is 7.22. The topological polar surface area (TPSA) is 61.8 Å². The van der Waals surface area contributed by atoms with Gasteiger partial charge < -0.3 is 14.2 Å². The molecule has 0 unspecified atom stereocenters. The van der Waals surface area contributed by atoms with Crippen molar-refractivity contribution < 1.29 is 37.0 Å². The van der Waals surface area contributed by atoms with Gasteiger partial charge in [-0.2, -0.15) is 0 Å². The molecule has 2 aromatic rings. The van der Waals surface area contributed by atoms with E-state index in [2.05, 4.69) is 0 Å². The van der Waals surface area contributed by atoms with Crippen LogP contribution in [0.15, 0.2) is 30.3 Å². The molecule has 0 aromatic heterocycles. The van der Waals surface area contributed by atoms with E-state index in [1.165, 1.54) is 13.0 Å². The Morgan fingerprint density at radius 1 is 1.04 bits per heavy atom. The van der Waals surface area contributed by atoms with Gasteiger partial charge in [-0.15, -0.1) is 0 Å². The third-order valence-electron chi connectivity index (χ3n) is 3.41. The van der Waals surface area contributed by atoms with Crippen LogP contribution in [0, 0.1) is 17.5 Å². The molecule has 27 heavy (non-hydrogen) atoms. The van der Waals surface area contributed by atoms with Crippen LogP contribution >= 0.6 is 0 Å². The smallest absolute Gasteiger partial charge is 0.302 e. The minimum Gasteiger partial charge on any atom is -0.490 e. The zero-order valence-electron chi connectivity index (χ0n) is 14.5. The Bertz CT molecular complexity index is 823. The van der Waals surface area contributed by atoms with Crippen molar-refractivity contribution in [2.24, 2.45) is 0 Å². The molecule has 0 saturated carbocycles. The van der Waals surface area contributed by atoms with Crippen LogP contribution in [0.2, 0.25) is 0 Å². The molecule has 0 bridgehead atoms. The third-order valence-corrected chi connectivity index (χ3v) is 3.41. The number of hydrogen-bond donors (Lipinski definition) is 0. The molecule has 2 rings (SSSR count). The lowest BCUT2D eigenvalue weighted by Gasteiger charge is -2.14. The Balaban J connectivity index is 2.09. The average molecular weight is 382 g/mol. The summed E-state index contributed by atoms with van der Waals surface area (Å²) < 4.78 is 56.2. The number of benzene rings is 2. The summed E-state index contributed by atoms with van der Waals surface area (Å²) >= 11 is 0. The highest BCUT2D eigenvalue weighted by molar-refractivity contribution is 5.79. The minimum atomic E-state index is -0.921. The first kappa shape index (κ1) is 20.3. The fraction of sp³-hybridized carbons (Fsp3) is 0.263. The molecule has 0 atom stereocenters. The van der Waals surface area contributed by atoms with E-state index in [1.54, 1.807) is 0 Å². The molecule has 0 N–H and O–H groups in total. The largest absolute Gasteiger partial charge is 0.490 e. The first-order valence-corrected chi connectivity index (χ1v) is 8.02. The molecule has 0 fully saturated rings. The lowest BCUT2D eigenvalue weighted by molar-refractivity contribution is -0.141. The van der Waals surface area contributed by atoms with Gasteiger partial charge in [0.05, 0.1) is 18.8 Å². The predicted molar refractivity (Wildman–Crippen MR) is 89.2 cm³/mol. The quantitative estimate of drug-likeness (QED) is 0.375. The number of carbonyl (C=O) groups is 2. The molecule has 8 heteroatoms. The summed E-state index contributed by atoms with van der Waals surface area (Å²) in [5.74, 6) is -2.95. The van der Waals surface area contributed by atoms with E-state index in [1.807, 2.05) is 0 Å². The number of esters is 1. The third kappa shape index (κ3) is 6.02. The van der Waals surface area contributed by atoms with Crippen LogP contribution in [-0.4, -0.2) is 25.5 Å². The predicted octanol–water partition coefficient (Wildman–Crippen LogP) is 3.83. The van der Waals surface area contributed by atoms with Crippen LogP contribution in [0.5, 0.6) is 11.5 Å². The lowest BCUT2D eigenvalue weighted by atomic mass is 10.2. The monoisotopic (exact) mass is 382 g/mol. The van der Waals surface area contributed by atoms with Gasteiger partial charge in [0, 0.05) is 25.0 Å². The van der Waals surface area contributed by atoms with Crippen molar-refractivity contribution in [3.05, 3.63) is 58.9 Å². The molecule has 0 aliphatic rings. The van der Waals surface area contributed by atoms with Crippen molar-refractivity contribution in [2.75, 3.05) is 13.2 Å². The summed E-state index contributed by atoms with van der Waals surface area (Å²) in [6.07, 6.45) is 0.723. The molecule has 2 aromatic carbocycles. The van der Waals surface area contributed by atoms with Gasteiger partial charge in [-0.1, -0.05) is 0 Å². The van der Waals surface area contributed by atoms with Gasteiger partial charge in [-0.05, 0) is 24.3 Å². The highest BCUT2D eigenvalue weighted by Crippen LogP contribution is 2.27. The van der Waals surface area contributed by atoms with Gasteiger partial charge in [-0.25, -0.2) is 13.2 Å². The van der Waals surface area contributed by atoms with Crippen LogP contribution in [-0.2, 0) is 16.1 Å². The van der Waals surface area contributed by atoms with Crippen LogP contribution in [0.4, 0.5) is 13.2 Å². The van der Waals surface area contributed by atoms with E-state index < -0.39 is 23.4 Å². The van der Waals surface area contributed by atoms with Crippen molar-refractivity contribution in [3.8, 4) is 11.5 Å². The van der Waals surface area contributed by atoms with Gasteiger partial charge in [0.25, 0.3) is 0 Å².